The molecule has 29 heteroatoms. The van der Waals surface area contributed by atoms with Crippen molar-refractivity contribution in [2.45, 2.75) is 83.2 Å². The van der Waals surface area contributed by atoms with Crippen LogP contribution in [0.4, 0.5) is 5.82 Å². The fourth-order valence-electron chi connectivity index (χ4n) is 4.86. The van der Waals surface area contributed by atoms with Gasteiger partial charge in [0.25, 0.3) is 0 Å². The van der Waals surface area contributed by atoms with Gasteiger partial charge in [0, 0.05) is 37.1 Å². The molecule has 318 valence electrons. The van der Waals surface area contributed by atoms with Crippen molar-refractivity contribution in [3.63, 3.8) is 0 Å². The van der Waals surface area contributed by atoms with E-state index in [1.165, 1.54) is 13.8 Å². The summed E-state index contributed by atoms with van der Waals surface area (Å²) in [5, 5.41) is 35.7. The molecule has 0 spiro atoms. The summed E-state index contributed by atoms with van der Waals surface area (Å²) in [5.74, 6) is -1.20. The first kappa shape index (κ1) is 47.9. The van der Waals surface area contributed by atoms with Crippen LogP contribution in [0.2, 0.25) is 0 Å². The Labute approximate surface area is 323 Å². The number of nitrogen functional groups attached to an aromatic ring is 1. The van der Waals surface area contributed by atoms with Crippen LogP contribution >= 0.6 is 35.2 Å². The van der Waals surface area contributed by atoms with Crippen molar-refractivity contribution in [3.8, 4) is 0 Å². The molecule has 0 radical (unpaired) electrons. The van der Waals surface area contributed by atoms with Gasteiger partial charge in [-0.25, -0.2) is 28.6 Å². The number of phosphoric ester groups is 3. The highest BCUT2D eigenvalue weighted by Crippen LogP contribution is 2.61. The highest BCUT2D eigenvalue weighted by atomic mass is 32.2. The van der Waals surface area contributed by atoms with Gasteiger partial charge in [-0.05, 0) is 12.8 Å². The van der Waals surface area contributed by atoms with Crippen molar-refractivity contribution in [2.75, 3.05) is 37.8 Å². The Bertz CT molecular complexity index is 1820. The standard InChI is InChI=1S/C27H46N7O18P3S/c1-4-15(35)5-6-18(37)56-10-9-29-17(36)7-8-30-25(40)22(39)27(2,3)12-49-55(46,47)52-54(44,45)48-11-16-21(51-53(41,42)43)20(38)26(50-16)34-14-33-19-23(28)31-13-32-24(19)34/h13-16,20-22,26,35,38-39H,4-12H2,1-3H3,(H,29,36)(H,30,40)(H,44,45)(H,46,47)(H2,28,31,32)(H2,41,42,43). The summed E-state index contributed by atoms with van der Waals surface area (Å²) < 4.78 is 62.0. The summed E-state index contributed by atoms with van der Waals surface area (Å²) in [6, 6.07) is 0. The quantitative estimate of drug-likeness (QED) is 0.0483. The topological polar surface area (TPSA) is 384 Å². The van der Waals surface area contributed by atoms with Crippen molar-refractivity contribution in [1.29, 1.82) is 0 Å². The molecule has 8 unspecified atom stereocenters. The molecule has 1 saturated heterocycles. The molecule has 1 fully saturated rings. The number of amides is 2. The summed E-state index contributed by atoms with van der Waals surface area (Å²) in [5.41, 5.74) is 4.24. The van der Waals surface area contributed by atoms with Gasteiger partial charge in [-0.3, -0.25) is 32.5 Å². The zero-order valence-corrected chi connectivity index (χ0v) is 33.7. The SMILES string of the molecule is CCC(O)CCC(=O)SCCNC(=O)CCNC(=O)C(O)C(C)(C)COP(=O)(O)OP(=O)(O)OCC1OC(n2cnc3c(N)ncnc32)C(O)C1OP(=O)(O)O. The number of aliphatic hydroxyl groups is 3. The second-order valence-electron chi connectivity index (χ2n) is 12.9. The predicted octanol–water partition coefficient (Wildman–Crippen LogP) is -0.784. The molecule has 0 aromatic carbocycles. The molecular weight excluding hydrogens is 835 g/mol. The third-order valence-corrected chi connectivity index (χ3v) is 12.0. The molecule has 3 heterocycles. The van der Waals surface area contributed by atoms with E-state index in [2.05, 4.69) is 34.4 Å². The summed E-state index contributed by atoms with van der Waals surface area (Å²) in [6.45, 7) is 2.21. The lowest BCUT2D eigenvalue weighted by atomic mass is 9.87. The van der Waals surface area contributed by atoms with E-state index in [-0.39, 0.29) is 48.0 Å². The van der Waals surface area contributed by atoms with Crippen LogP contribution in [0.15, 0.2) is 12.7 Å². The number of carbonyl (C=O) groups is 3. The lowest BCUT2D eigenvalue weighted by Gasteiger charge is -2.30. The Kier molecular flexibility index (Phi) is 17.5. The number of ether oxygens (including phenoxy) is 1. The molecule has 2 aromatic rings. The van der Waals surface area contributed by atoms with E-state index in [9.17, 15) is 63.0 Å². The smallest absolute Gasteiger partial charge is 0.393 e. The van der Waals surface area contributed by atoms with Crippen molar-refractivity contribution in [3.05, 3.63) is 12.7 Å². The largest absolute Gasteiger partial charge is 0.481 e. The van der Waals surface area contributed by atoms with Gasteiger partial charge in [-0.2, -0.15) is 4.31 Å². The maximum Gasteiger partial charge on any atom is 0.481 e. The van der Waals surface area contributed by atoms with E-state index in [1.54, 1.807) is 6.92 Å². The summed E-state index contributed by atoms with van der Waals surface area (Å²) in [4.78, 5) is 87.3. The van der Waals surface area contributed by atoms with E-state index in [0.29, 0.717) is 18.6 Å². The average Bonchev–Trinajstić information content (AvgIpc) is 3.66. The minimum atomic E-state index is -5.57. The fraction of sp³-hybridized carbons (Fsp3) is 0.704. The molecule has 1 aliphatic rings. The molecule has 0 saturated carbocycles. The number of phosphoric acid groups is 3. The van der Waals surface area contributed by atoms with E-state index >= 15 is 0 Å². The van der Waals surface area contributed by atoms with Crippen molar-refractivity contribution >= 4 is 69.1 Å². The number of anilines is 1. The number of nitrogens with zero attached hydrogens (tertiary/aromatic N) is 4. The minimum Gasteiger partial charge on any atom is -0.393 e. The summed E-state index contributed by atoms with van der Waals surface area (Å²) in [6.07, 6.45) is -6.42. The van der Waals surface area contributed by atoms with Gasteiger partial charge in [-0.1, -0.05) is 32.5 Å². The van der Waals surface area contributed by atoms with Crippen LogP contribution in [0.5, 0.6) is 0 Å². The van der Waals surface area contributed by atoms with Gasteiger partial charge in [0.1, 0.15) is 36.3 Å². The Morgan fingerprint density at radius 1 is 1.04 bits per heavy atom. The number of rotatable bonds is 23. The Balaban J connectivity index is 1.48. The van der Waals surface area contributed by atoms with Gasteiger partial charge in [0.15, 0.2) is 22.8 Å². The normalized spacial score (nSPS) is 22.2. The highest BCUT2D eigenvalue weighted by Gasteiger charge is 2.50. The van der Waals surface area contributed by atoms with Crippen LogP contribution in [0.1, 0.15) is 52.7 Å². The van der Waals surface area contributed by atoms with Crippen LogP contribution in [-0.2, 0) is 50.7 Å². The second kappa shape index (κ2) is 20.5. The van der Waals surface area contributed by atoms with Crippen LogP contribution in [-0.4, -0.2) is 134 Å². The Morgan fingerprint density at radius 2 is 1.71 bits per heavy atom. The van der Waals surface area contributed by atoms with E-state index in [1.807, 2.05) is 0 Å². The number of nitrogens with one attached hydrogen (secondary N) is 2. The highest BCUT2D eigenvalue weighted by molar-refractivity contribution is 8.13. The average molecular weight is 882 g/mol. The maximum atomic E-state index is 12.7. The van der Waals surface area contributed by atoms with E-state index in [4.69, 9.17) is 19.5 Å². The molecule has 8 atom stereocenters. The lowest BCUT2D eigenvalue weighted by Crippen LogP contribution is -2.46. The van der Waals surface area contributed by atoms with Crippen molar-refractivity contribution in [1.82, 2.24) is 30.2 Å². The fourth-order valence-corrected chi connectivity index (χ4v) is 8.38. The first-order valence-corrected chi connectivity index (χ1v) is 22.2. The molecule has 2 amide bonds. The van der Waals surface area contributed by atoms with Gasteiger partial charge < -0.3 is 56.0 Å². The molecule has 2 aromatic heterocycles. The molecular formula is C27H46N7O18P3S. The second-order valence-corrected chi connectivity index (χ2v) is 18.3. The molecule has 1 aliphatic heterocycles. The summed E-state index contributed by atoms with van der Waals surface area (Å²) >= 11 is 1.01. The Hall–Kier alpha value is -2.48. The Morgan fingerprint density at radius 3 is 2.38 bits per heavy atom. The molecule has 56 heavy (non-hydrogen) atoms. The van der Waals surface area contributed by atoms with Crippen LogP contribution in [0.25, 0.3) is 11.2 Å². The van der Waals surface area contributed by atoms with Gasteiger partial charge in [-0.15, -0.1) is 0 Å². The number of hydrogen-bond acceptors (Lipinski definition) is 19. The third-order valence-electron chi connectivity index (χ3n) is 7.92. The molecule has 25 nitrogen and oxygen atoms in total. The number of thioether (sulfide) groups is 1. The predicted molar refractivity (Wildman–Crippen MR) is 193 cm³/mol. The lowest BCUT2D eigenvalue weighted by molar-refractivity contribution is -0.137. The number of carbonyl (C=O) groups excluding carboxylic acids is 3. The first-order chi connectivity index (χ1) is 25.9. The van der Waals surface area contributed by atoms with Crippen LogP contribution in [0.3, 0.4) is 0 Å². The molecule has 0 aliphatic carbocycles. The zero-order chi connectivity index (χ0) is 42.1. The molecule has 11 N–H and O–H groups in total. The molecule has 3 rings (SSSR count). The number of aromatic nitrogens is 4. The summed E-state index contributed by atoms with van der Waals surface area (Å²) in [7, 11) is -16.4. The third kappa shape index (κ3) is 14.7. The van der Waals surface area contributed by atoms with Gasteiger partial charge in [0.2, 0.25) is 11.8 Å². The van der Waals surface area contributed by atoms with Gasteiger partial charge in [0.05, 0.1) is 25.6 Å². The zero-order valence-electron chi connectivity index (χ0n) is 30.2. The van der Waals surface area contributed by atoms with Crippen molar-refractivity contribution in [2.24, 2.45) is 5.41 Å². The van der Waals surface area contributed by atoms with E-state index in [0.717, 1.165) is 29.0 Å². The number of imidazole rings is 1. The first-order valence-electron chi connectivity index (χ1n) is 16.7. The monoisotopic (exact) mass is 881 g/mol. The van der Waals surface area contributed by atoms with E-state index < -0.39 is 90.7 Å². The number of hydrogen-bond donors (Lipinski definition) is 10. The van der Waals surface area contributed by atoms with Crippen LogP contribution < -0.4 is 16.4 Å². The maximum absolute atomic E-state index is 12.7. The number of nitrogens with two attached hydrogens (primary N) is 1. The minimum absolute atomic E-state index is 0.0268. The number of aliphatic hydroxyl groups excluding tert-OH is 3. The number of fused-ring (bicyclic) bond motifs is 1. The van der Waals surface area contributed by atoms with Gasteiger partial charge >= 0.3 is 23.5 Å². The van der Waals surface area contributed by atoms with Crippen LogP contribution in [0, 0.1) is 5.41 Å². The van der Waals surface area contributed by atoms with Crippen molar-refractivity contribution < 1.29 is 85.6 Å². The molecule has 0 bridgehead atoms.